The van der Waals surface area contributed by atoms with Gasteiger partial charge in [-0.15, -0.1) is 0 Å². The van der Waals surface area contributed by atoms with Crippen LogP contribution in [0.3, 0.4) is 0 Å². The van der Waals surface area contributed by atoms with E-state index < -0.39 is 80.4 Å². The third-order valence-corrected chi connectivity index (χ3v) is 22.1. The third-order valence-electron chi connectivity index (χ3n) is 20.1. The molecule has 6 aliphatic heterocycles. The van der Waals surface area contributed by atoms with Gasteiger partial charge in [0.1, 0.15) is 28.9 Å². The van der Waals surface area contributed by atoms with E-state index in [0.717, 1.165) is 76.0 Å². The molecule has 5 aromatic rings. The Morgan fingerprint density at radius 1 is 0.526 bits per heavy atom. The molecule has 18 nitrogen and oxygen atoms in total. The Kier molecular flexibility index (Phi) is 22.7. The van der Waals surface area contributed by atoms with Gasteiger partial charge in [0.2, 0.25) is 27.6 Å². The zero-order valence-electron chi connectivity index (χ0n) is 52.5. The Morgan fingerprint density at radius 2 is 0.926 bits per heavy atom. The zero-order chi connectivity index (χ0) is 68.2. The number of amides is 3. The van der Waals surface area contributed by atoms with Gasteiger partial charge in [0.05, 0.1) is 23.8 Å². The number of nitrogens with two attached hydrogens (primary N) is 3. The van der Waals surface area contributed by atoms with Crippen molar-refractivity contribution in [1.82, 2.24) is 34.4 Å². The summed E-state index contributed by atoms with van der Waals surface area (Å²) in [5.41, 5.74) is 20.1. The average molecular weight is 1360 g/mol. The highest BCUT2D eigenvalue weighted by atomic mass is 32.2. The summed E-state index contributed by atoms with van der Waals surface area (Å²) in [6.45, 7) is 1.71. The van der Waals surface area contributed by atoms with Crippen LogP contribution in [0.2, 0.25) is 0 Å². The number of hydrogen-bond acceptors (Lipinski definition) is 14. The molecule has 514 valence electrons. The quantitative estimate of drug-likeness (QED) is 0.0286. The SMILES string of the molecule is Cc1cnc(C(=O)CCC(=O)N2[C@@H]3CC[C@H]2CC([C@H](N)Cc2cc(F)c(F)cc2F)C3)cn1.N[C@H](Cc1cc(F)c(F)cc1F)C1C[C@H]2CC[C@@H](C1)N2C(=O)CCC(=O)C1CC1.N[C@H](Cc1cc(F)c(F)cc1F)C1C[C@H]2CC[C@@H](C1)N2S(=O)(=O)CCNC(=O)c1cnco1. The van der Waals surface area contributed by atoms with E-state index in [0.29, 0.717) is 68.8 Å². The number of fused-ring (bicyclic) bond motifs is 6. The second-order valence-electron chi connectivity index (χ2n) is 26.6. The number of piperidine rings is 3. The standard InChI is InChI=1S/C24H27F3N4O2.C22H27F3N2O2.C21H25F3N4O4S/c1-13-11-30-22(12-29-13)23(32)4-5-24(33)31-16-2-3-17(31)7-15(6-16)21(28)9-14-8-19(26)20(27)10-18(14)25;23-17-11-19(25)18(24)9-13(17)10-20(26)14-7-15-3-4-16(8-14)27(15)22(29)6-5-21(28)12-1-2-12;22-16-9-18(24)17(23)7-12(16)8-19(25)13-5-14-1-2-15(6-13)28(14)33(30,31)4-3-27-21(29)20-10-26-11-32-20/h8,10-12,15-17,21H,2-7,9,28H2,1H3;9,11-12,14-16,20H,1-8,10,26H2;7,9-11,13-15,19H,1-6,8,25H2,(H,27,29)/t15?,16-,17+,21-;14?,15-,16+,20-;13?,14-,15+,19-/m111/s1. The van der Waals surface area contributed by atoms with E-state index in [9.17, 15) is 71.9 Å². The topological polar surface area (TPSA) is 271 Å². The molecule has 28 heteroatoms. The van der Waals surface area contributed by atoms with Gasteiger partial charge in [-0.05, 0) is 169 Å². The number of carbonyl (C=O) groups is 5. The minimum atomic E-state index is -3.63. The van der Waals surface area contributed by atoms with Crippen molar-refractivity contribution in [1.29, 1.82) is 0 Å². The summed E-state index contributed by atoms with van der Waals surface area (Å²) in [7, 11) is -3.63. The number of nitrogens with zero attached hydrogens (tertiary/aromatic N) is 6. The third kappa shape index (κ3) is 17.2. The first-order valence-corrected chi connectivity index (χ1v) is 34.1. The number of halogens is 9. The normalized spacial score (nSPS) is 24.6. The van der Waals surface area contributed by atoms with Crippen LogP contribution in [0.15, 0.2) is 65.8 Å². The maximum absolute atomic E-state index is 14.0. The minimum absolute atomic E-state index is 0.000239. The molecule has 12 atom stereocenters. The molecule has 1 aliphatic carbocycles. The first kappa shape index (κ1) is 70.7. The lowest BCUT2D eigenvalue weighted by molar-refractivity contribution is -0.138. The van der Waals surface area contributed by atoms with Gasteiger partial charge in [0.25, 0.3) is 5.91 Å². The van der Waals surface area contributed by atoms with Gasteiger partial charge < -0.3 is 36.7 Å². The van der Waals surface area contributed by atoms with E-state index in [-0.39, 0.29) is 168 Å². The van der Waals surface area contributed by atoms with Crippen molar-refractivity contribution in [2.24, 2.45) is 40.9 Å². The first-order valence-electron chi connectivity index (χ1n) is 32.5. The van der Waals surface area contributed by atoms with Crippen LogP contribution >= 0.6 is 0 Å². The molecule has 1 saturated carbocycles. The molecule has 6 saturated heterocycles. The van der Waals surface area contributed by atoms with Crippen LogP contribution in [0.4, 0.5) is 39.5 Å². The lowest BCUT2D eigenvalue weighted by atomic mass is 9.82. The number of ketones is 2. The first-order chi connectivity index (χ1) is 45.2. The van der Waals surface area contributed by atoms with Crippen LogP contribution in [0, 0.1) is 83.0 Å². The monoisotopic (exact) mass is 1350 g/mol. The molecule has 7 N–H and O–H groups in total. The number of hydrogen-bond donors (Lipinski definition) is 4. The van der Waals surface area contributed by atoms with Gasteiger partial charge >= 0.3 is 0 Å². The Bertz CT molecular complexity index is 3680. The van der Waals surface area contributed by atoms with Gasteiger partial charge in [-0.3, -0.25) is 29.0 Å². The van der Waals surface area contributed by atoms with Crippen molar-refractivity contribution in [2.75, 3.05) is 12.3 Å². The minimum Gasteiger partial charge on any atom is -0.438 e. The molecule has 95 heavy (non-hydrogen) atoms. The molecule has 3 unspecified atom stereocenters. The second kappa shape index (κ2) is 30.5. The lowest BCUT2D eigenvalue weighted by Gasteiger charge is -2.41. The van der Waals surface area contributed by atoms with E-state index in [1.54, 1.807) is 6.92 Å². The van der Waals surface area contributed by atoms with Gasteiger partial charge in [0.15, 0.2) is 47.1 Å². The van der Waals surface area contributed by atoms with E-state index in [1.165, 1.54) is 22.9 Å². The van der Waals surface area contributed by atoms with Gasteiger partial charge in [-0.2, -0.15) is 4.31 Å². The molecule has 7 fully saturated rings. The molecule has 7 aliphatic rings. The molecular weight excluding hydrogens is 1280 g/mol. The Morgan fingerprint density at radius 3 is 1.32 bits per heavy atom. The van der Waals surface area contributed by atoms with Crippen molar-refractivity contribution >= 4 is 39.3 Å². The predicted octanol–water partition coefficient (Wildman–Crippen LogP) is 8.97. The number of Topliss-reactive ketones (excluding diaryl/α,β-unsaturated/α-hetero) is 2. The summed E-state index contributed by atoms with van der Waals surface area (Å²) in [5, 5.41) is 2.51. The van der Waals surface area contributed by atoms with Crippen LogP contribution in [0.1, 0.15) is 159 Å². The molecule has 2 aromatic heterocycles. The van der Waals surface area contributed by atoms with E-state index in [2.05, 4.69) is 20.3 Å². The van der Waals surface area contributed by atoms with Crippen molar-refractivity contribution in [3.63, 3.8) is 0 Å². The molecule has 0 radical (unpaired) electrons. The van der Waals surface area contributed by atoms with Gasteiger partial charge in [-0.1, -0.05) is 0 Å². The lowest BCUT2D eigenvalue weighted by Crippen LogP contribution is -2.51. The number of rotatable bonds is 22. The van der Waals surface area contributed by atoms with Gasteiger partial charge in [0, 0.05) is 117 Å². The summed E-state index contributed by atoms with van der Waals surface area (Å²) < 4.78 is 154. The largest absolute Gasteiger partial charge is 0.438 e. The highest BCUT2D eigenvalue weighted by Gasteiger charge is 2.49. The van der Waals surface area contributed by atoms with Crippen molar-refractivity contribution < 1.29 is 76.3 Å². The van der Waals surface area contributed by atoms with E-state index in [1.807, 2.05) is 9.80 Å². The van der Waals surface area contributed by atoms with Crippen LogP contribution in [0.25, 0.3) is 0 Å². The number of sulfonamides is 1. The molecule has 12 rings (SSSR count). The number of carbonyl (C=O) groups excluding carboxylic acids is 5. The summed E-state index contributed by atoms with van der Waals surface area (Å²) in [5.74, 6) is -9.98. The predicted molar refractivity (Wildman–Crippen MR) is 328 cm³/mol. The Labute approximate surface area is 544 Å². The molecule has 8 heterocycles. The fourth-order valence-electron chi connectivity index (χ4n) is 15.2. The molecular formula is C67H79F9N10O8S. The number of benzene rings is 3. The molecule has 3 aromatic carbocycles. The number of nitrogens with one attached hydrogen (secondary N) is 1. The molecule has 3 amide bonds. The highest BCUT2D eigenvalue weighted by Crippen LogP contribution is 2.44. The van der Waals surface area contributed by atoms with Crippen molar-refractivity contribution in [2.45, 2.75) is 196 Å². The summed E-state index contributed by atoms with van der Waals surface area (Å²) >= 11 is 0. The molecule has 6 bridgehead atoms. The van der Waals surface area contributed by atoms with Crippen molar-refractivity contribution in [3.8, 4) is 0 Å². The van der Waals surface area contributed by atoms with Gasteiger partial charge in [-0.25, -0.2) is 57.9 Å². The Hall–Kier alpha value is -7.14. The fourth-order valence-corrected chi connectivity index (χ4v) is 17.0. The van der Waals surface area contributed by atoms with Crippen LogP contribution in [-0.4, -0.2) is 133 Å². The van der Waals surface area contributed by atoms with Crippen molar-refractivity contribution in [3.05, 3.63) is 148 Å². The average Bonchev–Trinajstić information content (AvgIpc) is 1.45. The molecule has 0 spiro atoms. The van der Waals surface area contributed by atoms with E-state index in [4.69, 9.17) is 21.6 Å². The number of aromatic nitrogens is 3. The van der Waals surface area contributed by atoms with Crippen LogP contribution < -0.4 is 22.5 Å². The Balaban J connectivity index is 0.000000156. The second-order valence-corrected chi connectivity index (χ2v) is 28.6. The van der Waals surface area contributed by atoms with E-state index >= 15 is 0 Å². The summed E-state index contributed by atoms with van der Waals surface area (Å²) in [4.78, 5) is 77.4. The smallest absolute Gasteiger partial charge is 0.288 e. The fraction of sp³-hybridized carbons (Fsp3) is 0.552. The maximum Gasteiger partial charge on any atom is 0.288 e. The zero-order valence-corrected chi connectivity index (χ0v) is 53.4. The maximum atomic E-state index is 14.0. The van der Waals surface area contributed by atoms with Crippen LogP contribution in [0.5, 0.6) is 0 Å². The highest BCUT2D eigenvalue weighted by molar-refractivity contribution is 7.89. The number of aryl methyl sites for hydroxylation is 1. The summed E-state index contributed by atoms with van der Waals surface area (Å²) in [6.07, 6.45) is 17.0. The number of oxazole rings is 1. The van der Waals surface area contributed by atoms with Crippen LogP contribution in [-0.2, 0) is 43.7 Å². The summed E-state index contributed by atoms with van der Waals surface area (Å²) in [6, 6.07) is 2.66.